The van der Waals surface area contributed by atoms with Crippen LogP contribution in [0.1, 0.15) is 11.1 Å². The predicted molar refractivity (Wildman–Crippen MR) is 95.3 cm³/mol. The molecule has 2 N–H and O–H groups in total. The van der Waals surface area contributed by atoms with Gasteiger partial charge in [0.05, 0.1) is 29.4 Å². The number of fused-ring (bicyclic) bond motifs is 1. The fourth-order valence-corrected chi connectivity index (χ4v) is 2.93. The van der Waals surface area contributed by atoms with Crippen LogP contribution < -0.4 is 5.73 Å². The number of benzene rings is 2. The van der Waals surface area contributed by atoms with Gasteiger partial charge in [-0.25, -0.2) is 22.8 Å². The van der Waals surface area contributed by atoms with Crippen molar-refractivity contribution in [2.24, 2.45) is 0 Å². The van der Waals surface area contributed by atoms with E-state index in [0.29, 0.717) is 5.39 Å². The number of nitrogens with zero attached hydrogens (tertiary/aromatic N) is 5. The predicted octanol–water partition coefficient (Wildman–Crippen LogP) is 3.41. The van der Waals surface area contributed by atoms with Crippen LogP contribution in [0.5, 0.6) is 0 Å². The lowest BCUT2D eigenvalue weighted by molar-refractivity contribution is 0.536. The van der Waals surface area contributed by atoms with E-state index in [1.807, 2.05) is 0 Å². The van der Waals surface area contributed by atoms with E-state index in [4.69, 9.17) is 11.0 Å². The van der Waals surface area contributed by atoms with E-state index < -0.39 is 17.5 Å². The van der Waals surface area contributed by atoms with Gasteiger partial charge in [0.25, 0.3) is 0 Å². The molecule has 0 aliphatic rings. The van der Waals surface area contributed by atoms with Crippen molar-refractivity contribution in [3.05, 3.63) is 71.2 Å². The van der Waals surface area contributed by atoms with Gasteiger partial charge >= 0.3 is 0 Å². The third-order valence-electron chi connectivity index (χ3n) is 4.26. The molecule has 0 saturated carbocycles. The summed E-state index contributed by atoms with van der Waals surface area (Å²) in [7, 11) is 0. The number of hydrogen-bond donors (Lipinski definition) is 1. The fourth-order valence-electron chi connectivity index (χ4n) is 2.93. The standard InChI is InChI=1S/C19H11F3N6/c20-14-5-2-6-15(21)13(14)9-28-18-12(8-25-28)17(26-19(24)27-18)11-4-1-3-10(7-23)16(11)22/h1-6,8H,9H2,(H2,24,26,27). The number of rotatable bonds is 3. The van der Waals surface area contributed by atoms with Gasteiger partial charge in [-0.15, -0.1) is 0 Å². The van der Waals surface area contributed by atoms with Gasteiger partial charge in [-0.3, -0.25) is 0 Å². The molecule has 2 aromatic carbocycles. The van der Waals surface area contributed by atoms with Crippen molar-refractivity contribution in [1.82, 2.24) is 19.7 Å². The molecule has 2 heterocycles. The van der Waals surface area contributed by atoms with E-state index in [1.165, 1.54) is 35.1 Å². The molecular formula is C19H11F3N6. The van der Waals surface area contributed by atoms with Crippen LogP contribution in [0.4, 0.5) is 19.1 Å². The van der Waals surface area contributed by atoms with Crippen LogP contribution >= 0.6 is 0 Å². The zero-order valence-corrected chi connectivity index (χ0v) is 14.2. The lowest BCUT2D eigenvalue weighted by atomic mass is 10.1. The van der Waals surface area contributed by atoms with Crippen molar-refractivity contribution in [2.45, 2.75) is 6.54 Å². The van der Waals surface area contributed by atoms with Crippen LogP contribution in [0.2, 0.25) is 0 Å². The minimum absolute atomic E-state index is 0.0507. The Hall–Kier alpha value is -3.93. The van der Waals surface area contributed by atoms with Gasteiger partial charge in [0.1, 0.15) is 23.5 Å². The number of hydrogen-bond acceptors (Lipinski definition) is 5. The summed E-state index contributed by atoms with van der Waals surface area (Å²) in [6.07, 6.45) is 1.36. The van der Waals surface area contributed by atoms with E-state index in [9.17, 15) is 13.2 Å². The highest BCUT2D eigenvalue weighted by Gasteiger charge is 2.19. The average molecular weight is 380 g/mol. The second kappa shape index (κ2) is 6.66. The number of anilines is 1. The van der Waals surface area contributed by atoms with E-state index in [-0.39, 0.29) is 40.5 Å². The Labute approximate surface area is 156 Å². The summed E-state index contributed by atoms with van der Waals surface area (Å²) in [6.45, 7) is -0.237. The molecule has 4 rings (SSSR count). The van der Waals surface area contributed by atoms with Crippen LogP contribution in [0.25, 0.3) is 22.3 Å². The largest absolute Gasteiger partial charge is 0.368 e. The van der Waals surface area contributed by atoms with Crippen LogP contribution in [0.15, 0.2) is 42.6 Å². The quantitative estimate of drug-likeness (QED) is 0.588. The number of halogens is 3. The van der Waals surface area contributed by atoms with Crippen LogP contribution in [-0.4, -0.2) is 19.7 Å². The van der Waals surface area contributed by atoms with Crippen molar-refractivity contribution >= 4 is 17.0 Å². The highest BCUT2D eigenvalue weighted by atomic mass is 19.1. The summed E-state index contributed by atoms with van der Waals surface area (Å²) in [5.41, 5.74) is 5.80. The van der Waals surface area contributed by atoms with Crippen LogP contribution in [-0.2, 0) is 6.54 Å². The summed E-state index contributed by atoms with van der Waals surface area (Å²) >= 11 is 0. The number of nitrogen functional groups attached to an aromatic ring is 1. The summed E-state index contributed by atoms with van der Waals surface area (Å²) in [5.74, 6) is -2.37. The minimum atomic E-state index is -0.753. The van der Waals surface area contributed by atoms with Crippen molar-refractivity contribution in [1.29, 1.82) is 5.26 Å². The van der Waals surface area contributed by atoms with Crippen molar-refractivity contribution in [3.8, 4) is 17.3 Å². The third kappa shape index (κ3) is 2.81. The average Bonchev–Trinajstić information content (AvgIpc) is 3.07. The molecular weight excluding hydrogens is 369 g/mol. The maximum Gasteiger partial charge on any atom is 0.222 e. The van der Waals surface area contributed by atoms with Gasteiger partial charge in [-0.1, -0.05) is 12.1 Å². The maximum atomic E-state index is 14.6. The molecule has 0 spiro atoms. The molecule has 4 aromatic rings. The van der Waals surface area contributed by atoms with Gasteiger partial charge < -0.3 is 5.73 Å². The first-order valence-electron chi connectivity index (χ1n) is 8.10. The molecule has 0 fully saturated rings. The number of nitrogens with two attached hydrogens (primary N) is 1. The molecule has 0 atom stereocenters. The monoisotopic (exact) mass is 380 g/mol. The van der Waals surface area contributed by atoms with Crippen LogP contribution in [0.3, 0.4) is 0 Å². The summed E-state index contributed by atoms with van der Waals surface area (Å²) in [4.78, 5) is 8.16. The number of aromatic nitrogens is 4. The smallest absolute Gasteiger partial charge is 0.222 e. The second-order valence-electron chi connectivity index (χ2n) is 5.95. The van der Waals surface area contributed by atoms with Crippen molar-refractivity contribution in [3.63, 3.8) is 0 Å². The van der Waals surface area contributed by atoms with E-state index in [0.717, 1.165) is 12.1 Å². The Bertz CT molecular complexity index is 1240. The maximum absolute atomic E-state index is 14.6. The molecule has 0 radical (unpaired) electrons. The molecule has 0 bridgehead atoms. The topological polar surface area (TPSA) is 93.4 Å². The molecule has 6 nitrogen and oxygen atoms in total. The first-order chi connectivity index (χ1) is 13.5. The molecule has 0 amide bonds. The summed E-state index contributed by atoms with van der Waals surface area (Å²) in [5, 5.41) is 13.5. The van der Waals surface area contributed by atoms with Gasteiger partial charge in [-0.05, 0) is 24.3 Å². The molecule has 0 aliphatic carbocycles. The van der Waals surface area contributed by atoms with E-state index in [1.54, 1.807) is 6.07 Å². The van der Waals surface area contributed by atoms with Crippen LogP contribution in [0, 0.1) is 28.8 Å². The molecule has 0 saturated heterocycles. The first-order valence-corrected chi connectivity index (χ1v) is 8.10. The Balaban J connectivity index is 1.90. The van der Waals surface area contributed by atoms with Crippen molar-refractivity contribution in [2.75, 3.05) is 5.73 Å². The third-order valence-corrected chi connectivity index (χ3v) is 4.26. The minimum Gasteiger partial charge on any atom is -0.368 e. The summed E-state index contributed by atoms with van der Waals surface area (Å²) < 4.78 is 43.8. The molecule has 0 unspecified atom stereocenters. The molecule has 0 aliphatic heterocycles. The van der Waals surface area contributed by atoms with E-state index >= 15 is 0 Å². The summed E-state index contributed by atoms with van der Waals surface area (Å²) in [6, 6.07) is 9.61. The Morgan fingerprint density at radius 2 is 1.75 bits per heavy atom. The highest BCUT2D eigenvalue weighted by molar-refractivity contribution is 5.91. The van der Waals surface area contributed by atoms with Gasteiger partial charge in [-0.2, -0.15) is 15.3 Å². The molecule has 138 valence electrons. The second-order valence-corrected chi connectivity index (χ2v) is 5.95. The van der Waals surface area contributed by atoms with Gasteiger partial charge in [0, 0.05) is 11.1 Å². The van der Waals surface area contributed by atoms with E-state index in [2.05, 4.69) is 15.1 Å². The zero-order chi connectivity index (χ0) is 19.8. The number of nitriles is 1. The highest BCUT2D eigenvalue weighted by Crippen LogP contribution is 2.30. The van der Waals surface area contributed by atoms with Gasteiger partial charge in [0.2, 0.25) is 5.95 Å². The lowest BCUT2D eigenvalue weighted by Crippen LogP contribution is -2.08. The normalized spacial score (nSPS) is 10.9. The molecule has 9 heteroatoms. The van der Waals surface area contributed by atoms with Gasteiger partial charge in [0.15, 0.2) is 5.65 Å². The Morgan fingerprint density at radius 3 is 2.46 bits per heavy atom. The zero-order valence-electron chi connectivity index (χ0n) is 14.2. The fraction of sp³-hybridized carbons (Fsp3) is 0.0526. The Kier molecular flexibility index (Phi) is 4.16. The first kappa shape index (κ1) is 17.5. The SMILES string of the molecule is N#Cc1cccc(-c2nc(N)nc3c2cnn3Cc2c(F)cccc2F)c1F. The Morgan fingerprint density at radius 1 is 1.04 bits per heavy atom. The lowest BCUT2D eigenvalue weighted by Gasteiger charge is -2.08. The molecule has 28 heavy (non-hydrogen) atoms. The molecule has 2 aromatic heterocycles. The van der Waals surface area contributed by atoms with Crippen molar-refractivity contribution < 1.29 is 13.2 Å².